The molecule has 0 bridgehead atoms. The van der Waals surface area contributed by atoms with Crippen LogP contribution in [0.15, 0.2) is 12.7 Å². The van der Waals surface area contributed by atoms with E-state index in [0.29, 0.717) is 0 Å². The monoisotopic (exact) mass is 152 g/mol. The molecule has 2 nitrogen and oxygen atoms in total. The van der Waals surface area contributed by atoms with E-state index in [4.69, 9.17) is 0 Å². The van der Waals surface area contributed by atoms with Gasteiger partial charge in [0.05, 0.1) is 0 Å². The molecule has 0 aliphatic carbocycles. The van der Waals surface area contributed by atoms with Gasteiger partial charge in [0.25, 0.3) is 0 Å². The van der Waals surface area contributed by atoms with Crippen molar-refractivity contribution in [3.63, 3.8) is 0 Å². The van der Waals surface area contributed by atoms with Crippen molar-refractivity contribution in [2.75, 3.05) is 26.2 Å². The van der Waals surface area contributed by atoms with Crippen molar-refractivity contribution in [3.05, 3.63) is 12.7 Å². The first-order valence-electron chi connectivity index (χ1n) is 4.47. The first-order chi connectivity index (χ1) is 5.42. The first-order valence-corrected chi connectivity index (χ1v) is 4.47. The second-order valence-corrected chi connectivity index (χ2v) is 3.56. The number of hydrogen-bond donors (Lipinski definition) is 1. The fourth-order valence-electron chi connectivity index (χ4n) is 2.33. The molecule has 2 aliphatic heterocycles. The standard InChI is InChI=1S/C9H16N2/c1-2-4-11-5-3-8-6-10-7-9(8)11/h2,8-10H,1,3-7H2/t8-,9+/m0/s1. The first kappa shape index (κ1) is 7.32. The van der Waals surface area contributed by atoms with Gasteiger partial charge in [0.15, 0.2) is 0 Å². The highest BCUT2D eigenvalue weighted by Gasteiger charge is 2.36. The van der Waals surface area contributed by atoms with Crippen LogP contribution in [0, 0.1) is 5.92 Å². The van der Waals surface area contributed by atoms with Gasteiger partial charge in [0, 0.05) is 19.1 Å². The number of hydrogen-bond acceptors (Lipinski definition) is 2. The van der Waals surface area contributed by atoms with E-state index in [9.17, 15) is 0 Å². The van der Waals surface area contributed by atoms with Crippen LogP contribution in [0.4, 0.5) is 0 Å². The van der Waals surface area contributed by atoms with Crippen molar-refractivity contribution in [3.8, 4) is 0 Å². The van der Waals surface area contributed by atoms with Gasteiger partial charge in [-0.05, 0) is 25.4 Å². The molecule has 2 fully saturated rings. The van der Waals surface area contributed by atoms with E-state index in [1.807, 2.05) is 6.08 Å². The second-order valence-electron chi connectivity index (χ2n) is 3.56. The van der Waals surface area contributed by atoms with Crippen LogP contribution in [-0.2, 0) is 0 Å². The van der Waals surface area contributed by atoms with Crippen LogP contribution in [0.1, 0.15) is 6.42 Å². The summed E-state index contributed by atoms with van der Waals surface area (Å²) in [6.45, 7) is 8.56. The van der Waals surface area contributed by atoms with Gasteiger partial charge in [-0.1, -0.05) is 6.08 Å². The molecule has 0 aromatic carbocycles. The lowest BCUT2D eigenvalue weighted by molar-refractivity contribution is 0.279. The highest BCUT2D eigenvalue weighted by atomic mass is 15.2. The number of likely N-dealkylation sites (tertiary alicyclic amines) is 1. The summed E-state index contributed by atoms with van der Waals surface area (Å²) in [5.41, 5.74) is 0. The van der Waals surface area contributed by atoms with Crippen molar-refractivity contribution >= 4 is 0 Å². The summed E-state index contributed by atoms with van der Waals surface area (Å²) in [6.07, 6.45) is 3.40. The number of nitrogens with zero attached hydrogens (tertiary/aromatic N) is 1. The minimum Gasteiger partial charge on any atom is -0.315 e. The van der Waals surface area contributed by atoms with Crippen LogP contribution in [-0.4, -0.2) is 37.1 Å². The summed E-state index contributed by atoms with van der Waals surface area (Å²) < 4.78 is 0. The predicted octanol–water partition coefficient (Wildman–Crippen LogP) is 0.466. The molecule has 2 saturated heterocycles. The van der Waals surface area contributed by atoms with Crippen LogP contribution in [0.25, 0.3) is 0 Å². The van der Waals surface area contributed by atoms with Crippen LogP contribution in [0.2, 0.25) is 0 Å². The zero-order valence-corrected chi connectivity index (χ0v) is 6.92. The molecular formula is C9H16N2. The van der Waals surface area contributed by atoms with Crippen LogP contribution < -0.4 is 5.32 Å². The molecule has 0 aromatic heterocycles. The largest absolute Gasteiger partial charge is 0.315 e. The van der Waals surface area contributed by atoms with Gasteiger partial charge in [-0.15, -0.1) is 6.58 Å². The van der Waals surface area contributed by atoms with E-state index in [1.54, 1.807) is 0 Å². The average molecular weight is 152 g/mol. The molecule has 1 N–H and O–H groups in total. The molecule has 2 rings (SSSR count). The Morgan fingerprint density at radius 3 is 3.27 bits per heavy atom. The molecule has 0 amide bonds. The zero-order chi connectivity index (χ0) is 7.68. The summed E-state index contributed by atoms with van der Waals surface area (Å²) in [7, 11) is 0. The van der Waals surface area contributed by atoms with E-state index < -0.39 is 0 Å². The number of fused-ring (bicyclic) bond motifs is 1. The minimum absolute atomic E-state index is 0.813. The van der Waals surface area contributed by atoms with Crippen molar-refractivity contribution in [2.24, 2.45) is 5.92 Å². The number of rotatable bonds is 2. The third-order valence-electron chi connectivity index (χ3n) is 2.92. The molecular weight excluding hydrogens is 136 g/mol. The molecule has 2 aliphatic rings. The molecule has 11 heavy (non-hydrogen) atoms. The Morgan fingerprint density at radius 2 is 2.45 bits per heavy atom. The molecule has 2 atom stereocenters. The maximum Gasteiger partial charge on any atom is 0.0264 e. The van der Waals surface area contributed by atoms with E-state index in [1.165, 1.54) is 26.1 Å². The van der Waals surface area contributed by atoms with Crippen molar-refractivity contribution < 1.29 is 0 Å². The SMILES string of the molecule is C=CCN1CC[C@H]2CNC[C@H]21. The van der Waals surface area contributed by atoms with Gasteiger partial charge in [0.1, 0.15) is 0 Å². The van der Waals surface area contributed by atoms with Gasteiger partial charge in [-0.2, -0.15) is 0 Å². The summed E-state index contributed by atoms with van der Waals surface area (Å²) in [6, 6.07) is 0.813. The zero-order valence-electron chi connectivity index (χ0n) is 6.92. The Morgan fingerprint density at radius 1 is 1.55 bits per heavy atom. The Labute approximate surface area is 68.3 Å². The highest BCUT2D eigenvalue weighted by Crippen LogP contribution is 2.26. The minimum atomic E-state index is 0.813. The van der Waals surface area contributed by atoms with E-state index in [0.717, 1.165) is 18.5 Å². The Kier molecular flexibility index (Phi) is 1.96. The normalized spacial score (nSPS) is 37.5. The van der Waals surface area contributed by atoms with Gasteiger partial charge in [-0.3, -0.25) is 4.90 Å². The molecule has 2 heteroatoms. The van der Waals surface area contributed by atoms with Gasteiger partial charge in [0.2, 0.25) is 0 Å². The Balaban J connectivity index is 1.97. The lowest BCUT2D eigenvalue weighted by atomic mass is 10.1. The fourth-order valence-corrected chi connectivity index (χ4v) is 2.33. The van der Waals surface area contributed by atoms with Crippen LogP contribution in [0.5, 0.6) is 0 Å². The third kappa shape index (κ3) is 1.21. The summed E-state index contributed by atoms with van der Waals surface area (Å²) in [5, 5.41) is 3.44. The second kappa shape index (κ2) is 2.95. The van der Waals surface area contributed by atoms with E-state index >= 15 is 0 Å². The Bertz CT molecular complexity index is 156. The molecule has 2 heterocycles. The van der Waals surface area contributed by atoms with Gasteiger partial charge >= 0.3 is 0 Å². The highest BCUT2D eigenvalue weighted by molar-refractivity contribution is 4.96. The summed E-state index contributed by atoms with van der Waals surface area (Å²) in [5.74, 6) is 0.926. The molecule has 0 spiro atoms. The lowest BCUT2D eigenvalue weighted by Crippen LogP contribution is -2.34. The van der Waals surface area contributed by atoms with Gasteiger partial charge in [-0.25, -0.2) is 0 Å². The topological polar surface area (TPSA) is 15.3 Å². The van der Waals surface area contributed by atoms with Crippen molar-refractivity contribution in [1.29, 1.82) is 0 Å². The third-order valence-corrected chi connectivity index (χ3v) is 2.92. The van der Waals surface area contributed by atoms with Crippen LogP contribution >= 0.6 is 0 Å². The van der Waals surface area contributed by atoms with Crippen LogP contribution in [0.3, 0.4) is 0 Å². The Hall–Kier alpha value is -0.340. The van der Waals surface area contributed by atoms with Gasteiger partial charge < -0.3 is 5.32 Å². The molecule has 0 radical (unpaired) electrons. The molecule has 62 valence electrons. The summed E-state index contributed by atoms with van der Waals surface area (Å²) >= 11 is 0. The number of nitrogens with one attached hydrogen (secondary N) is 1. The average Bonchev–Trinajstić information content (AvgIpc) is 2.53. The van der Waals surface area contributed by atoms with Crippen molar-refractivity contribution in [1.82, 2.24) is 10.2 Å². The smallest absolute Gasteiger partial charge is 0.0264 e. The predicted molar refractivity (Wildman–Crippen MR) is 46.5 cm³/mol. The molecule has 0 aromatic rings. The van der Waals surface area contributed by atoms with Crippen molar-refractivity contribution in [2.45, 2.75) is 12.5 Å². The fraction of sp³-hybridized carbons (Fsp3) is 0.778. The molecule has 0 saturated carbocycles. The lowest BCUT2D eigenvalue weighted by Gasteiger charge is -2.20. The quantitative estimate of drug-likeness (QED) is 0.578. The maximum absolute atomic E-state index is 3.78. The maximum atomic E-state index is 3.78. The summed E-state index contributed by atoms with van der Waals surface area (Å²) in [4.78, 5) is 2.54. The van der Waals surface area contributed by atoms with E-state index in [-0.39, 0.29) is 0 Å². The molecule has 0 unspecified atom stereocenters. The van der Waals surface area contributed by atoms with E-state index in [2.05, 4.69) is 16.8 Å².